The molecule has 3 heteroatoms. The van der Waals surface area contributed by atoms with Gasteiger partial charge in [0.2, 0.25) is 0 Å². The lowest BCUT2D eigenvalue weighted by Gasteiger charge is -2.29. The topological polar surface area (TPSA) is 32.3 Å². The first-order chi connectivity index (χ1) is 9.24. The summed E-state index contributed by atoms with van der Waals surface area (Å²) in [5.41, 5.74) is 2.65. The van der Waals surface area contributed by atoms with Crippen LogP contribution in [-0.2, 0) is 6.42 Å². The maximum Gasteiger partial charge on any atom is 0.115 e. The molecule has 1 aromatic carbocycles. The third-order valence-electron chi connectivity index (χ3n) is 3.86. The highest BCUT2D eigenvalue weighted by Gasteiger charge is 2.22. The van der Waals surface area contributed by atoms with E-state index in [1.54, 1.807) is 17.4 Å². The van der Waals surface area contributed by atoms with Crippen molar-refractivity contribution in [1.29, 1.82) is 0 Å². The highest BCUT2D eigenvalue weighted by molar-refractivity contribution is 7.10. The van der Waals surface area contributed by atoms with Gasteiger partial charge in [-0.2, -0.15) is 0 Å². The molecule has 0 saturated heterocycles. The Labute approximate surface area is 118 Å². The Hall–Kier alpha value is -1.32. The smallest absolute Gasteiger partial charge is 0.115 e. The molecule has 3 rings (SSSR count). The number of benzene rings is 1. The molecule has 2 N–H and O–H groups in total. The first kappa shape index (κ1) is 12.7. The number of thiophene rings is 1. The van der Waals surface area contributed by atoms with Gasteiger partial charge in [0, 0.05) is 17.0 Å². The second-order valence-corrected chi connectivity index (χ2v) is 6.21. The minimum absolute atomic E-state index is 0.379. The Morgan fingerprint density at radius 3 is 3.05 bits per heavy atom. The van der Waals surface area contributed by atoms with Crippen LogP contribution in [0.3, 0.4) is 0 Å². The number of hydrogen-bond acceptors (Lipinski definition) is 3. The van der Waals surface area contributed by atoms with Gasteiger partial charge in [-0.3, -0.25) is 0 Å². The van der Waals surface area contributed by atoms with Gasteiger partial charge in [0.15, 0.2) is 0 Å². The monoisotopic (exact) mass is 273 g/mol. The summed E-state index contributed by atoms with van der Waals surface area (Å²) in [5, 5.41) is 15.4. The van der Waals surface area contributed by atoms with Crippen LogP contribution in [0.25, 0.3) is 0 Å². The Morgan fingerprint density at radius 1 is 1.37 bits per heavy atom. The van der Waals surface area contributed by atoms with Gasteiger partial charge in [-0.15, -0.1) is 11.3 Å². The van der Waals surface area contributed by atoms with E-state index in [0.29, 0.717) is 17.8 Å². The second kappa shape index (κ2) is 5.35. The van der Waals surface area contributed by atoms with Crippen LogP contribution in [0.15, 0.2) is 35.7 Å². The van der Waals surface area contributed by atoms with Crippen LogP contribution >= 0.6 is 11.3 Å². The van der Waals surface area contributed by atoms with E-state index in [9.17, 15) is 5.11 Å². The predicted octanol–water partition coefficient (Wildman–Crippen LogP) is 4.18. The van der Waals surface area contributed by atoms with Crippen molar-refractivity contribution in [2.45, 2.75) is 38.3 Å². The molecule has 1 aromatic heterocycles. The number of nitrogens with one attached hydrogen (secondary N) is 1. The zero-order valence-electron chi connectivity index (χ0n) is 11.1. The fourth-order valence-electron chi connectivity index (χ4n) is 2.90. The quantitative estimate of drug-likeness (QED) is 0.879. The summed E-state index contributed by atoms with van der Waals surface area (Å²) in [5.74, 6) is 0.380. The normalized spacial score (nSPS) is 19.9. The molecular formula is C16H19NOS. The van der Waals surface area contributed by atoms with Crippen molar-refractivity contribution in [3.05, 3.63) is 51.7 Å². The summed E-state index contributed by atoms with van der Waals surface area (Å²) in [6, 6.07) is 10.9. The van der Waals surface area contributed by atoms with Crippen LogP contribution in [0, 0.1) is 0 Å². The molecule has 0 amide bonds. The van der Waals surface area contributed by atoms with Crippen molar-refractivity contribution < 1.29 is 5.11 Å². The number of rotatable bonds is 3. The SMILES string of the molecule is C[C@H](NC1CCCc2cc(O)ccc21)c1cccs1. The van der Waals surface area contributed by atoms with Gasteiger partial charge in [-0.05, 0) is 60.9 Å². The van der Waals surface area contributed by atoms with Crippen LogP contribution in [0.1, 0.15) is 47.9 Å². The van der Waals surface area contributed by atoms with E-state index in [1.165, 1.54) is 28.8 Å². The Morgan fingerprint density at radius 2 is 2.26 bits per heavy atom. The third-order valence-corrected chi connectivity index (χ3v) is 4.92. The summed E-state index contributed by atoms with van der Waals surface area (Å²) in [6.45, 7) is 2.22. The Kier molecular flexibility index (Phi) is 3.58. The fourth-order valence-corrected chi connectivity index (χ4v) is 3.64. The molecule has 0 aliphatic heterocycles. The van der Waals surface area contributed by atoms with Crippen molar-refractivity contribution in [1.82, 2.24) is 5.32 Å². The van der Waals surface area contributed by atoms with E-state index in [-0.39, 0.29) is 0 Å². The van der Waals surface area contributed by atoms with Crippen LogP contribution in [0.2, 0.25) is 0 Å². The minimum atomic E-state index is 0.379. The molecule has 2 atom stereocenters. The standard InChI is InChI=1S/C16H19NOS/c1-11(16-6-3-9-19-16)17-15-5-2-4-12-10-13(18)7-8-14(12)15/h3,6-11,15,17-18H,2,4-5H2,1H3/t11-,15?/m0/s1. The molecule has 0 radical (unpaired) electrons. The maximum atomic E-state index is 9.59. The molecule has 0 saturated carbocycles. The summed E-state index contributed by atoms with van der Waals surface area (Å²) < 4.78 is 0. The van der Waals surface area contributed by atoms with E-state index in [2.05, 4.69) is 35.8 Å². The van der Waals surface area contributed by atoms with Gasteiger partial charge < -0.3 is 10.4 Å². The van der Waals surface area contributed by atoms with Crippen LogP contribution in [0.4, 0.5) is 0 Å². The van der Waals surface area contributed by atoms with Crippen molar-refractivity contribution in [3.8, 4) is 5.75 Å². The number of fused-ring (bicyclic) bond motifs is 1. The summed E-state index contributed by atoms with van der Waals surface area (Å²) in [7, 11) is 0. The molecule has 0 spiro atoms. The third kappa shape index (κ3) is 2.67. The molecule has 1 aliphatic carbocycles. The molecule has 1 heterocycles. The average molecular weight is 273 g/mol. The zero-order valence-corrected chi connectivity index (χ0v) is 11.9. The predicted molar refractivity (Wildman–Crippen MR) is 79.7 cm³/mol. The molecule has 1 aliphatic rings. The molecule has 0 bridgehead atoms. The van der Waals surface area contributed by atoms with E-state index in [0.717, 1.165) is 6.42 Å². The van der Waals surface area contributed by atoms with Gasteiger partial charge in [-0.25, -0.2) is 0 Å². The Bertz CT molecular complexity index is 550. The van der Waals surface area contributed by atoms with Crippen molar-refractivity contribution >= 4 is 11.3 Å². The second-order valence-electron chi connectivity index (χ2n) is 5.23. The van der Waals surface area contributed by atoms with Crippen molar-refractivity contribution in [3.63, 3.8) is 0 Å². The van der Waals surface area contributed by atoms with Crippen LogP contribution in [0.5, 0.6) is 5.75 Å². The van der Waals surface area contributed by atoms with Gasteiger partial charge in [0.1, 0.15) is 5.75 Å². The summed E-state index contributed by atoms with van der Waals surface area (Å²) >= 11 is 1.80. The van der Waals surface area contributed by atoms with Crippen molar-refractivity contribution in [2.24, 2.45) is 0 Å². The molecule has 0 fully saturated rings. The van der Waals surface area contributed by atoms with Gasteiger partial charge in [0.25, 0.3) is 0 Å². The summed E-state index contributed by atoms with van der Waals surface area (Å²) in [6.07, 6.45) is 3.44. The molecule has 100 valence electrons. The number of aromatic hydroxyl groups is 1. The van der Waals surface area contributed by atoms with Gasteiger partial charge in [0.05, 0.1) is 0 Å². The zero-order chi connectivity index (χ0) is 13.2. The molecule has 1 unspecified atom stereocenters. The largest absolute Gasteiger partial charge is 0.508 e. The molecule has 2 nitrogen and oxygen atoms in total. The van der Waals surface area contributed by atoms with Crippen molar-refractivity contribution in [2.75, 3.05) is 0 Å². The van der Waals surface area contributed by atoms with Gasteiger partial charge in [-0.1, -0.05) is 12.1 Å². The van der Waals surface area contributed by atoms with E-state index >= 15 is 0 Å². The number of hydrogen-bond donors (Lipinski definition) is 2. The van der Waals surface area contributed by atoms with Gasteiger partial charge >= 0.3 is 0 Å². The molecular weight excluding hydrogens is 254 g/mol. The van der Waals surface area contributed by atoms with E-state index < -0.39 is 0 Å². The number of phenolic OH excluding ortho intramolecular Hbond substituents is 1. The first-order valence-corrected chi connectivity index (χ1v) is 7.73. The van der Waals surface area contributed by atoms with Crippen LogP contribution < -0.4 is 5.32 Å². The minimum Gasteiger partial charge on any atom is -0.508 e. The first-order valence-electron chi connectivity index (χ1n) is 6.85. The maximum absolute atomic E-state index is 9.59. The lowest BCUT2D eigenvalue weighted by atomic mass is 9.87. The number of phenols is 1. The molecule has 19 heavy (non-hydrogen) atoms. The Balaban J connectivity index is 1.80. The molecule has 2 aromatic rings. The highest BCUT2D eigenvalue weighted by Crippen LogP contribution is 2.34. The lowest BCUT2D eigenvalue weighted by Crippen LogP contribution is -2.27. The number of aryl methyl sites for hydroxylation is 1. The van der Waals surface area contributed by atoms with E-state index in [4.69, 9.17) is 0 Å². The fraction of sp³-hybridized carbons (Fsp3) is 0.375. The lowest BCUT2D eigenvalue weighted by molar-refractivity contribution is 0.415. The summed E-state index contributed by atoms with van der Waals surface area (Å²) in [4.78, 5) is 1.38. The van der Waals surface area contributed by atoms with Crippen LogP contribution in [-0.4, -0.2) is 5.11 Å². The highest BCUT2D eigenvalue weighted by atomic mass is 32.1. The average Bonchev–Trinajstić information content (AvgIpc) is 2.92. The van der Waals surface area contributed by atoms with E-state index in [1.807, 2.05) is 6.07 Å².